The minimum Gasteiger partial charge on any atom is -0.435 e. The van der Waals surface area contributed by atoms with E-state index in [1.807, 2.05) is 0 Å². The molecule has 0 bridgehead atoms. The molecule has 0 aliphatic rings. The number of hydrogen-bond donors (Lipinski definition) is 1. The summed E-state index contributed by atoms with van der Waals surface area (Å²) in [7, 11) is 0. The van der Waals surface area contributed by atoms with Gasteiger partial charge in [-0.25, -0.2) is 4.98 Å². The average molecular weight is 188 g/mol. The Hall–Kier alpha value is -2.17. The molecule has 5 heteroatoms. The summed E-state index contributed by atoms with van der Waals surface area (Å²) in [4.78, 5) is 11.5. The molecule has 5 nitrogen and oxygen atoms in total. The van der Waals surface area contributed by atoms with Crippen LogP contribution in [0.2, 0.25) is 0 Å². The zero-order valence-corrected chi connectivity index (χ0v) is 7.29. The Morgan fingerprint density at radius 2 is 2.14 bits per heavy atom. The van der Waals surface area contributed by atoms with E-state index >= 15 is 0 Å². The third kappa shape index (κ3) is 1.77. The highest BCUT2D eigenvalue weighted by molar-refractivity contribution is 5.46. The van der Waals surface area contributed by atoms with Gasteiger partial charge in [0.15, 0.2) is 0 Å². The maximum atomic E-state index is 5.60. The molecule has 70 valence electrons. The molecule has 0 aliphatic carbocycles. The van der Waals surface area contributed by atoms with Gasteiger partial charge < -0.3 is 10.5 Å². The highest BCUT2D eigenvalue weighted by Gasteiger charge is 2.02. The Bertz CT molecular complexity index is 418. The summed E-state index contributed by atoms with van der Waals surface area (Å²) in [6.07, 6.45) is 6.11. The Morgan fingerprint density at radius 1 is 1.21 bits per heavy atom. The summed E-state index contributed by atoms with van der Waals surface area (Å²) < 4.78 is 5.37. The van der Waals surface area contributed by atoms with Gasteiger partial charge in [-0.1, -0.05) is 0 Å². The van der Waals surface area contributed by atoms with Gasteiger partial charge in [-0.2, -0.15) is 4.98 Å². The average Bonchev–Trinajstić information content (AvgIpc) is 2.23. The highest BCUT2D eigenvalue weighted by Crippen LogP contribution is 2.22. The summed E-state index contributed by atoms with van der Waals surface area (Å²) in [5.41, 5.74) is 6.00. The second-order valence-corrected chi connectivity index (χ2v) is 2.57. The highest BCUT2D eigenvalue weighted by atomic mass is 16.5. The smallest absolute Gasteiger partial charge is 0.245 e. The van der Waals surface area contributed by atoms with Crippen LogP contribution in [0.1, 0.15) is 0 Å². The van der Waals surface area contributed by atoms with Gasteiger partial charge in [0, 0.05) is 6.20 Å². The van der Waals surface area contributed by atoms with Gasteiger partial charge in [-0.05, 0) is 12.1 Å². The molecule has 14 heavy (non-hydrogen) atoms. The molecule has 0 radical (unpaired) electrons. The van der Waals surface area contributed by atoms with E-state index in [0.717, 1.165) is 0 Å². The van der Waals surface area contributed by atoms with Crippen molar-refractivity contribution in [3.05, 3.63) is 37.1 Å². The van der Waals surface area contributed by atoms with Gasteiger partial charge in [0.05, 0.1) is 12.4 Å². The molecular formula is C9H8N4O. The van der Waals surface area contributed by atoms with E-state index in [2.05, 4.69) is 15.0 Å². The molecular weight excluding hydrogens is 180 g/mol. The molecule has 0 spiro atoms. The Morgan fingerprint density at radius 3 is 2.86 bits per heavy atom. The van der Waals surface area contributed by atoms with Crippen molar-refractivity contribution < 1.29 is 4.74 Å². The van der Waals surface area contributed by atoms with E-state index < -0.39 is 0 Å². The normalized spacial score (nSPS) is 9.71. The second-order valence-electron chi connectivity index (χ2n) is 2.57. The monoisotopic (exact) mass is 188 g/mol. The van der Waals surface area contributed by atoms with E-state index in [0.29, 0.717) is 17.3 Å². The molecule has 0 unspecified atom stereocenters. The molecule has 0 aromatic carbocycles. The van der Waals surface area contributed by atoms with Crippen molar-refractivity contribution in [2.45, 2.75) is 0 Å². The number of nitrogens with two attached hydrogens (primary N) is 1. The summed E-state index contributed by atoms with van der Waals surface area (Å²) in [6.45, 7) is 0. The fraction of sp³-hybridized carbons (Fsp3) is 0. The van der Waals surface area contributed by atoms with Gasteiger partial charge in [-0.15, -0.1) is 0 Å². The molecule has 2 rings (SSSR count). The maximum absolute atomic E-state index is 5.60. The first kappa shape index (κ1) is 8.43. The van der Waals surface area contributed by atoms with Crippen molar-refractivity contribution in [2.24, 2.45) is 0 Å². The van der Waals surface area contributed by atoms with Crippen molar-refractivity contribution in [3.8, 4) is 11.6 Å². The zero-order valence-electron chi connectivity index (χ0n) is 7.29. The second kappa shape index (κ2) is 3.69. The van der Waals surface area contributed by atoms with Crippen LogP contribution in [0, 0.1) is 0 Å². The van der Waals surface area contributed by atoms with E-state index in [4.69, 9.17) is 10.5 Å². The van der Waals surface area contributed by atoms with Crippen LogP contribution in [0.5, 0.6) is 11.6 Å². The number of aromatic nitrogens is 3. The quantitative estimate of drug-likeness (QED) is 0.767. The van der Waals surface area contributed by atoms with Crippen LogP contribution in [-0.2, 0) is 0 Å². The standard InChI is InChI=1S/C9H8N4O/c10-8-5-12-6-13-9(8)14-7-2-1-3-11-4-7/h1-6H,10H2. The van der Waals surface area contributed by atoms with Crippen molar-refractivity contribution in [1.82, 2.24) is 15.0 Å². The molecule has 0 aliphatic heterocycles. The lowest BCUT2D eigenvalue weighted by molar-refractivity contribution is 0.462. The molecule has 0 amide bonds. The first-order valence-electron chi connectivity index (χ1n) is 3.99. The topological polar surface area (TPSA) is 73.9 Å². The van der Waals surface area contributed by atoms with Crippen LogP contribution in [0.25, 0.3) is 0 Å². The Labute approximate surface area is 80.6 Å². The predicted molar refractivity (Wildman–Crippen MR) is 50.8 cm³/mol. The largest absolute Gasteiger partial charge is 0.435 e. The zero-order chi connectivity index (χ0) is 9.80. The number of nitrogen functional groups attached to an aromatic ring is 1. The third-order valence-corrected chi connectivity index (χ3v) is 1.55. The molecule has 2 N–H and O–H groups in total. The SMILES string of the molecule is Nc1cncnc1Oc1cccnc1. The van der Waals surface area contributed by atoms with E-state index in [9.17, 15) is 0 Å². The molecule has 0 saturated heterocycles. The minimum atomic E-state index is 0.341. The summed E-state index contributed by atoms with van der Waals surface area (Å²) in [6, 6.07) is 3.54. The molecule has 2 aromatic heterocycles. The number of pyridine rings is 1. The van der Waals surface area contributed by atoms with E-state index in [1.165, 1.54) is 12.5 Å². The molecule has 2 aromatic rings. The fourth-order valence-corrected chi connectivity index (χ4v) is 0.934. The first-order valence-corrected chi connectivity index (χ1v) is 3.99. The molecule has 0 atom stereocenters. The van der Waals surface area contributed by atoms with E-state index in [1.54, 1.807) is 24.5 Å². The van der Waals surface area contributed by atoms with Crippen LogP contribution in [-0.4, -0.2) is 15.0 Å². The molecule has 2 heterocycles. The van der Waals surface area contributed by atoms with Gasteiger partial charge in [0.2, 0.25) is 5.88 Å². The van der Waals surface area contributed by atoms with E-state index in [-0.39, 0.29) is 0 Å². The maximum Gasteiger partial charge on any atom is 0.245 e. The number of rotatable bonds is 2. The van der Waals surface area contributed by atoms with Crippen molar-refractivity contribution >= 4 is 5.69 Å². The predicted octanol–water partition coefficient (Wildman–Crippen LogP) is 1.25. The summed E-state index contributed by atoms with van der Waals surface area (Å²) in [5, 5.41) is 0. The Balaban J connectivity index is 2.24. The molecule has 0 saturated carbocycles. The number of ether oxygens (including phenoxy) is 1. The number of hydrogen-bond acceptors (Lipinski definition) is 5. The van der Waals surface area contributed by atoms with Crippen LogP contribution < -0.4 is 10.5 Å². The van der Waals surface area contributed by atoms with Gasteiger partial charge in [0.1, 0.15) is 17.8 Å². The van der Waals surface area contributed by atoms with Crippen molar-refractivity contribution in [3.63, 3.8) is 0 Å². The summed E-state index contributed by atoms with van der Waals surface area (Å²) in [5.74, 6) is 0.936. The lowest BCUT2D eigenvalue weighted by Crippen LogP contribution is -1.95. The number of anilines is 1. The first-order chi connectivity index (χ1) is 6.86. The van der Waals surface area contributed by atoms with Crippen LogP contribution >= 0.6 is 0 Å². The lowest BCUT2D eigenvalue weighted by atomic mass is 10.4. The number of nitrogens with zero attached hydrogens (tertiary/aromatic N) is 3. The Kier molecular flexibility index (Phi) is 2.22. The third-order valence-electron chi connectivity index (χ3n) is 1.55. The van der Waals surface area contributed by atoms with Gasteiger partial charge in [-0.3, -0.25) is 4.98 Å². The van der Waals surface area contributed by atoms with Crippen LogP contribution in [0.3, 0.4) is 0 Å². The van der Waals surface area contributed by atoms with Crippen LogP contribution in [0.15, 0.2) is 37.1 Å². The van der Waals surface area contributed by atoms with Crippen molar-refractivity contribution in [2.75, 3.05) is 5.73 Å². The van der Waals surface area contributed by atoms with Crippen molar-refractivity contribution in [1.29, 1.82) is 0 Å². The lowest BCUT2D eigenvalue weighted by Gasteiger charge is -2.04. The molecule has 0 fully saturated rings. The fourth-order valence-electron chi connectivity index (χ4n) is 0.934. The van der Waals surface area contributed by atoms with Gasteiger partial charge in [0.25, 0.3) is 0 Å². The minimum absolute atomic E-state index is 0.341. The van der Waals surface area contributed by atoms with Gasteiger partial charge >= 0.3 is 0 Å². The summed E-state index contributed by atoms with van der Waals surface area (Å²) >= 11 is 0. The van der Waals surface area contributed by atoms with Crippen LogP contribution in [0.4, 0.5) is 5.69 Å².